The molecular formula is C20H29N3O3. The highest BCUT2D eigenvalue weighted by Crippen LogP contribution is 2.48. The molecule has 0 spiro atoms. The first-order valence-corrected chi connectivity index (χ1v) is 9.35. The maximum absolute atomic E-state index is 12.8. The summed E-state index contributed by atoms with van der Waals surface area (Å²) in [6.07, 6.45) is 2.52. The average Bonchev–Trinajstić information content (AvgIpc) is 3.13. The van der Waals surface area contributed by atoms with Crippen LogP contribution in [0.15, 0.2) is 30.3 Å². The van der Waals surface area contributed by atoms with Gasteiger partial charge in [0.05, 0.1) is 11.5 Å². The Morgan fingerprint density at radius 3 is 2.58 bits per heavy atom. The summed E-state index contributed by atoms with van der Waals surface area (Å²) in [6.45, 7) is 2.87. The lowest BCUT2D eigenvalue weighted by molar-refractivity contribution is -0.149. The maximum Gasteiger partial charge on any atom is 0.317 e. The van der Waals surface area contributed by atoms with Crippen LogP contribution in [0.2, 0.25) is 0 Å². The van der Waals surface area contributed by atoms with E-state index in [1.54, 1.807) is 4.90 Å². The molecule has 26 heavy (non-hydrogen) atoms. The van der Waals surface area contributed by atoms with Crippen LogP contribution in [0.25, 0.3) is 0 Å². The van der Waals surface area contributed by atoms with Crippen LogP contribution >= 0.6 is 0 Å². The zero-order chi connectivity index (χ0) is 18.9. The van der Waals surface area contributed by atoms with Crippen molar-refractivity contribution in [1.82, 2.24) is 15.1 Å². The largest absolute Gasteiger partial charge is 0.481 e. The number of carboxylic acid groups (broad SMARTS) is 1. The molecule has 2 N–H and O–H groups in total. The van der Waals surface area contributed by atoms with Crippen LogP contribution in [-0.4, -0.2) is 60.1 Å². The third-order valence-corrected chi connectivity index (χ3v) is 6.11. The molecule has 0 aromatic heterocycles. The molecule has 2 fully saturated rings. The van der Waals surface area contributed by atoms with Crippen LogP contribution in [0.5, 0.6) is 0 Å². The van der Waals surface area contributed by atoms with Gasteiger partial charge in [-0.2, -0.15) is 0 Å². The van der Waals surface area contributed by atoms with Gasteiger partial charge in [-0.15, -0.1) is 0 Å². The third-order valence-electron chi connectivity index (χ3n) is 6.11. The number of nitrogens with zero attached hydrogens (tertiary/aromatic N) is 2. The van der Waals surface area contributed by atoms with Crippen molar-refractivity contribution >= 4 is 12.0 Å². The van der Waals surface area contributed by atoms with Crippen molar-refractivity contribution in [1.29, 1.82) is 0 Å². The molecular weight excluding hydrogens is 330 g/mol. The molecule has 1 aromatic carbocycles. The minimum Gasteiger partial charge on any atom is -0.481 e. The smallest absolute Gasteiger partial charge is 0.317 e. The number of fused-ring (bicyclic) bond motifs is 1. The molecule has 2 amide bonds. The van der Waals surface area contributed by atoms with Gasteiger partial charge in [-0.05, 0) is 45.3 Å². The fourth-order valence-electron chi connectivity index (χ4n) is 4.84. The Labute approximate surface area is 155 Å². The van der Waals surface area contributed by atoms with Gasteiger partial charge in [-0.1, -0.05) is 36.8 Å². The zero-order valence-electron chi connectivity index (χ0n) is 15.8. The van der Waals surface area contributed by atoms with Gasteiger partial charge in [0.1, 0.15) is 0 Å². The van der Waals surface area contributed by atoms with Gasteiger partial charge >= 0.3 is 12.0 Å². The second-order valence-corrected chi connectivity index (χ2v) is 7.99. The molecule has 1 saturated carbocycles. The van der Waals surface area contributed by atoms with Crippen molar-refractivity contribution in [2.75, 3.05) is 27.2 Å². The van der Waals surface area contributed by atoms with Crippen LogP contribution in [0.3, 0.4) is 0 Å². The highest BCUT2D eigenvalue weighted by atomic mass is 16.4. The topological polar surface area (TPSA) is 72.9 Å². The summed E-state index contributed by atoms with van der Waals surface area (Å²) < 4.78 is 0. The number of rotatable bonds is 5. The van der Waals surface area contributed by atoms with Crippen LogP contribution in [-0.2, 0) is 4.79 Å². The van der Waals surface area contributed by atoms with Crippen molar-refractivity contribution in [3.63, 3.8) is 0 Å². The predicted octanol–water partition coefficient (Wildman–Crippen LogP) is 2.57. The molecule has 1 aromatic rings. The molecule has 1 aliphatic heterocycles. The molecule has 142 valence electrons. The molecule has 1 aliphatic carbocycles. The molecule has 6 nitrogen and oxygen atoms in total. The predicted molar refractivity (Wildman–Crippen MR) is 99.8 cm³/mol. The molecule has 1 saturated heterocycles. The number of aliphatic carboxylic acids is 1. The fourth-order valence-corrected chi connectivity index (χ4v) is 4.84. The van der Waals surface area contributed by atoms with Gasteiger partial charge in [0, 0.05) is 19.1 Å². The Bertz CT molecular complexity index is 664. The van der Waals surface area contributed by atoms with E-state index in [0.29, 0.717) is 19.5 Å². The van der Waals surface area contributed by atoms with E-state index in [0.717, 1.165) is 18.4 Å². The summed E-state index contributed by atoms with van der Waals surface area (Å²) in [5.41, 5.74) is 0.409. The van der Waals surface area contributed by atoms with E-state index in [-0.39, 0.29) is 24.0 Å². The van der Waals surface area contributed by atoms with Gasteiger partial charge in [-0.25, -0.2) is 4.79 Å². The molecule has 0 radical (unpaired) electrons. The highest BCUT2D eigenvalue weighted by Gasteiger charge is 2.55. The number of hydrogen-bond acceptors (Lipinski definition) is 3. The number of carboxylic acids is 1. The second-order valence-electron chi connectivity index (χ2n) is 7.99. The van der Waals surface area contributed by atoms with E-state index in [2.05, 4.69) is 22.3 Å². The lowest BCUT2D eigenvalue weighted by atomic mass is 9.81. The first-order valence-electron chi connectivity index (χ1n) is 9.35. The number of amides is 2. The highest BCUT2D eigenvalue weighted by molar-refractivity contribution is 5.80. The molecule has 1 heterocycles. The first-order chi connectivity index (χ1) is 12.3. The summed E-state index contributed by atoms with van der Waals surface area (Å²) >= 11 is 0. The van der Waals surface area contributed by atoms with E-state index in [1.807, 2.05) is 39.2 Å². The summed E-state index contributed by atoms with van der Waals surface area (Å²) in [4.78, 5) is 28.4. The van der Waals surface area contributed by atoms with Crippen LogP contribution in [0.4, 0.5) is 4.79 Å². The lowest BCUT2D eigenvalue weighted by Gasteiger charge is -2.32. The van der Waals surface area contributed by atoms with Crippen molar-refractivity contribution in [3.05, 3.63) is 35.9 Å². The number of likely N-dealkylation sites (tertiary alicyclic amines) is 1. The Hall–Kier alpha value is -2.08. The Morgan fingerprint density at radius 2 is 2.00 bits per heavy atom. The number of hydrogen-bond donors (Lipinski definition) is 2. The van der Waals surface area contributed by atoms with E-state index < -0.39 is 11.4 Å². The molecule has 0 bridgehead atoms. The number of benzene rings is 1. The van der Waals surface area contributed by atoms with E-state index in [1.165, 1.54) is 0 Å². The van der Waals surface area contributed by atoms with Gasteiger partial charge in [0.15, 0.2) is 0 Å². The summed E-state index contributed by atoms with van der Waals surface area (Å²) in [5.74, 6) is -0.668. The van der Waals surface area contributed by atoms with E-state index in [4.69, 9.17) is 0 Å². The van der Waals surface area contributed by atoms with E-state index >= 15 is 0 Å². The monoisotopic (exact) mass is 359 g/mol. The molecule has 2 aliphatic rings. The van der Waals surface area contributed by atoms with Crippen molar-refractivity contribution in [3.8, 4) is 0 Å². The average molecular weight is 359 g/mol. The molecule has 4 atom stereocenters. The number of urea groups is 1. The minimum absolute atomic E-state index is 0.0516. The Kier molecular flexibility index (Phi) is 5.23. The molecule has 3 rings (SSSR count). The number of nitrogens with one attached hydrogen (secondary N) is 1. The first kappa shape index (κ1) is 18.7. The Balaban J connectivity index is 1.69. The van der Waals surface area contributed by atoms with Crippen LogP contribution in [0, 0.1) is 11.3 Å². The molecule has 2 unspecified atom stereocenters. The van der Waals surface area contributed by atoms with E-state index in [9.17, 15) is 14.7 Å². The fraction of sp³-hybridized carbons (Fsp3) is 0.600. The van der Waals surface area contributed by atoms with Crippen molar-refractivity contribution in [2.45, 2.75) is 38.3 Å². The number of carbonyl (C=O) groups is 2. The third kappa shape index (κ3) is 3.30. The normalized spacial score (nSPS) is 27.2. The minimum atomic E-state index is -0.751. The maximum atomic E-state index is 12.8. The Morgan fingerprint density at radius 1 is 1.31 bits per heavy atom. The van der Waals surface area contributed by atoms with Crippen molar-refractivity contribution < 1.29 is 14.7 Å². The SMILES string of the molecule is CC(NC(=O)N1C[C@@H]2CCC[C@@]2(C(=O)O)C1)C(c1ccccc1)N(C)C. The summed E-state index contributed by atoms with van der Waals surface area (Å²) in [5, 5.41) is 12.8. The quantitative estimate of drug-likeness (QED) is 0.847. The zero-order valence-corrected chi connectivity index (χ0v) is 15.8. The van der Waals surface area contributed by atoms with Gasteiger partial charge < -0.3 is 20.2 Å². The summed E-state index contributed by atoms with van der Waals surface area (Å²) in [7, 11) is 4.00. The standard InChI is InChI=1S/C20H29N3O3/c1-14(17(22(2)3)15-8-5-4-6-9-15)21-19(26)23-12-16-10-7-11-20(16,13-23)18(24)25/h4-6,8-9,14,16-17H,7,10-13H2,1-3H3,(H,21,26)(H,24,25)/t14?,16-,17?,20+/m0/s1. The van der Waals surface area contributed by atoms with Gasteiger partial charge in [-0.3, -0.25) is 4.79 Å². The van der Waals surface area contributed by atoms with Crippen LogP contribution < -0.4 is 5.32 Å². The van der Waals surface area contributed by atoms with Gasteiger partial charge in [0.2, 0.25) is 0 Å². The molecule has 6 heteroatoms. The summed E-state index contributed by atoms with van der Waals surface area (Å²) in [6, 6.07) is 9.90. The number of carbonyl (C=O) groups excluding carboxylic acids is 1. The number of likely N-dealkylation sites (N-methyl/N-ethyl adjacent to an activating group) is 1. The van der Waals surface area contributed by atoms with Crippen molar-refractivity contribution in [2.24, 2.45) is 11.3 Å². The van der Waals surface area contributed by atoms with Crippen LogP contribution in [0.1, 0.15) is 37.8 Å². The van der Waals surface area contributed by atoms with Gasteiger partial charge in [0.25, 0.3) is 0 Å². The lowest BCUT2D eigenvalue weighted by Crippen LogP contribution is -2.48. The second kappa shape index (κ2) is 7.27.